The average molecular weight is 335 g/mol. The summed E-state index contributed by atoms with van der Waals surface area (Å²) in [6.45, 7) is 3.97. The first kappa shape index (κ1) is 16.3. The van der Waals surface area contributed by atoms with E-state index in [1.165, 1.54) is 11.1 Å². The number of likely N-dealkylation sites (tertiary alicyclic amines) is 1. The summed E-state index contributed by atoms with van der Waals surface area (Å²) in [6, 6.07) is 13.3. The Morgan fingerprint density at radius 2 is 1.72 bits per heavy atom. The third-order valence-electron chi connectivity index (χ3n) is 5.60. The van der Waals surface area contributed by atoms with Crippen molar-refractivity contribution in [1.82, 2.24) is 14.8 Å². The lowest BCUT2D eigenvalue weighted by Gasteiger charge is -2.40. The van der Waals surface area contributed by atoms with Crippen LogP contribution in [0, 0.1) is 0 Å². The van der Waals surface area contributed by atoms with E-state index < -0.39 is 0 Å². The Bertz CT molecular complexity index is 723. The molecule has 4 rings (SSSR count). The first-order valence-corrected chi connectivity index (χ1v) is 9.27. The molecule has 1 aromatic carbocycles. The van der Waals surface area contributed by atoms with Crippen molar-refractivity contribution in [3.05, 3.63) is 65.5 Å². The molecule has 0 radical (unpaired) electrons. The maximum absolute atomic E-state index is 12.5. The topological polar surface area (TPSA) is 36.4 Å². The van der Waals surface area contributed by atoms with Gasteiger partial charge in [0.25, 0.3) is 0 Å². The largest absolute Gasteiger partial charge is 0.342 e. The van der Waals surface area contributed by atoms with Crippen LogP contribution in [0.4, 0.5) is 0 Å². The molecule has 25 heavy (non-hydrogen) atoms. The number of piperidine rings is 1. The van der Waals surface area contributed by atoms with E-state index in [-0.39, 0.29) is 5.91 Å². The normalized spacial score (nSPS) is 18.8. The molecule has 1 aromatic heterocycles. The third kappa shape index (κ3) is 3.74. The van der Waals surface area contributed by atoms with Gasteiger partial charge in [0, 0.05) is 44.6 Å². The maximum Gasteiger partial charge on any atom is 0.226 e. The van der Waals surface area contributed by atoms with Crippen LogP contribution in [0.1, 0.15) is 29.5 Å². The fourth-order valence-electron chi connectivity index (χ4n) is 4.10. The minimum atomic E-state index is 0.244. The van der Waals surface area contributed by atoms with Crippen molar-refractivity contribution >= 4 is 5.91 Å². The lowest BCUT2D eigenvalue weighted by Crippen LogP contribution is -2.48. The van der Waals surface area contributed by atoms with Crippen molar-refractivity contribution < 1.29 is 4.79 Å². The zero-order valence-electron chi connectivity index (χ0n) is 14.6. The second-order valence-corrected chi connectivity index (χ2v) is 7.13. The van der Waals surface area contributed by atoms with E-state index in [0.717, 1.165) is 51.0 Å². The molecule has 2 aromatic rings. The highest BCUT2D eigenvalue weighted by Gasteiger charge is 2.28. The lowest BCUT2D eigenvalue weighted by atomic mass is 9.95. The smallest absolute Gasteiger partial charge is 0.226 e. The third-order valence-corrected chi connectivity index (χ3v) is 5.60. The van der Waals surface area contributed by atoms with E-state index >= 15 is 0 Å². The standard InChI is InChI=1S/C21H25N3O/c25-21(15-17-5-10-22-11-6-17)23-13-8-20(9-14-23)24-12-7-18-3-1-2-4-19(18)16-24/h1-6,10-11,20H,7-9,12-16H2. The maximum atomic E-state index is 12.5. The molecule has 1 fully saturated rings. The molecule has 0 atom stereocenters. The summed E-state index contributed by atoms with van der Waals surface area (Å²) >= 11 is 0. The molecule has 0 saturated carbocycles. The van der Waals surface area contributed by atoms with Crippen LogP contribution in [-0.4, -0.2) is 46.4 Å². The van der Waals surface area contributed by atoms with Crippen LogP contribution in [0.3, 0.4) is 0 Å². The van der Waals surface area contributed by atoms with Gasteiger partial charge in [-0.15, -0.1) is 0 Å². The van der Waals surface area contributed by atoms with Crippen molar-refractivity contribution in [3.8, 4) is 0 Å². The molecule has 3 heterocycles. The second kappa shape index (κ2) is 7.36. The summed E-state index contributed by atoms with van der Waals surface area (Å²) in [5, 5.41) is 0. The van der Waals surface area contributed by atoms with E-state index in [4.69, 9.17) is 0 Å². The minimum Gasteiger partial charge on any atom is -0.342 e. The van der Waals surface area contributed by atoms with Gasteiger partial charge in [0.15, 0.2) is 0 Å². The van der Waals surface area contributed by atoms with Crippen LogP contribution in [0.15, 0.2) is 48.8 Å². The molecule has 1 saturated heterocycles. The van der Waals surface area contributed by atoms with Crippen molar-refractivity contribution in [2.24, 2.45) is 0 Å². The van der Waals surface area contributed by atoms with E-state index in [1.807, 2.05) is 17.0 Å². The van der Waals surface area contributed by atoms with Crippen molar-refractivity contribution in [3.63, 3.8) is 0 Å². The molecule has 4 heteroatoms. The fraction of sp³-hybridized carbons (Fsp3) is 0.429. The molecule has 0 unspecified atom stereocenters. The van der Waals surface area contributed by atoms with Gasteiger partial charge in [-0.05, 0) is 48.1 Å². The molecule has 130 valence electrons. The summed E-state index contributed by atoms with van der Waals surface area (Å²) in [5.74, 6) is 0.244. The highest BCUT2D eigenvalue weighted by molar-refractivity contribution is 5.78. The summed E-state index contributed by atoms with van der Waals surface area (Å²) in [4.78, 5) is 21.2. The number of benzene rings is 1. The van der Waals surface area contributed by atoms with Crippen LogP contribution in [0.2, 0.25) is 0 Å². The van der Waals surface area contributed by atoms with Crippen LogP contribution in [-0.2, 0) is 24.2 Å². The lowest BCUT2D eigenvalue weighted by molar-refractivity contribution is -0.132. The van der Waals surface area contributed by atoms with Gasteiger partial charge in [0.05, 0.1) is 6.42 Å². The number of rotatable bonds is 3. The van der Waals surface area contributed by atoms with Gasteiger partial charge in [-0.2, -0.15) is 0 Å². The van der Waals surface area contributed by atoms with E-state index in [0.29, 0.717) is 12.5 Å². The molecular formula is C21H25N3O. The fourth-order valence-corrected chi connectivity index (χ4v) is 4.10. The molecule has 1 amide bonds. The monoisotopic (exact) mass is 335 g/mol. The van der Waals surface area contributed by atoms with Gasteiger partial charge in [0.1, 0.15) is 0 Å². The average Bonchev–Trinajstić information content (AvgIpc) is 2.68. The Labute approximate surface area is 149 Å². The highest BCUT2D eigenvalue weighted by atomic mass is 16.2. The molecule has 4 nitrogen and oxygen atoms in total. The van der Waals surface area contributed by atoms with Gasteiger partial charge >= 0.3 is 0 Å². The first-order chi connectivity index (χ1) is 12.3. The Hall–Kier alpha value is -2.20. The number of hydrogen-bond acceptors (Lipinski definition) is 3. The number of nitrogens with zero attached hydrogens (tertiary/aromatic N) is 3. The van der Waals surface area contributed by atoms with Gasteiger partial charge in [0.2, 0.25) is 5.91 Å². The Kier molecular flexibility index (Phi) is 4.79. The van der Waals surface area contributed by atoms with Crippen molar-refractivity contribution in [1.29, 1.82) is 0 Å². The van der Waals surface area contributed by atoms with Gasteiger partial charge < -0.3 is 4.90 Å². The van der Waals surface area contributed by atoms with Crippen LogP contribution in [0.5, 0.6) is 0 Å². The zero-order valence-corrected chi connectivity index (χ0v) is 14.6. The Morgan fingerprint density at radius 1 is 1.00 bits per heavy atom. The minimum absolute atomic E-state index is 0.244. The number of carbonyl (C=O) groups excluding carboxylic acids is 1. The number of pyridine rings is 1. The van der Waals surface area contributed by atoms with E-state index in [2.05, 4.69) is 34.1 Å². The molecular weight excluding hydrogens is 310 g/mol. The number of carbonyl (C=O) groups is 1. The number of hydrogen-bond donors (Lipinski definition) is 0. The van der Waals surface area contributed by atoms with Crippen LogP contribution in [0.25, 0.3) is 0 Å². The van der Waals surface area contributed by atoms with Gasteiger partial charge in [-0.3, -0.25) is 14.7 Å². The quantitative estimate of drug-likeness (QED) is 0.865. The van der Waals surface area contributed by atoms with Crippen LogP contribution < -0.4 is 0 Å². The Balaban J connectivity index is 1.31. The molecule has 0 spiro atoms. The summed E-state index contributed by atoms with van der Waals surface area (Å²) < 4.78 is 0. The number of amides is 1. The molecule has 0 N–H and O–H groups in total. The number of aromatic nitrogens is 1. The SMILES string of the molecule is O=C(Cc1ccncc1)N1CCC(N2CCc3ccccc3C2)CC1. The van der Waals surface area contributed by atoms with Crippen molar-refractivity contribution in [2.45, 2.75) is 38.3 Å². The highest BCUT2D eigenvalue weighted by Crippen LogP contribution is 2.25. The zero-order chi connectivity index (χ0) is 17.1. The summed E-state index contributed by atoms with van der Waals surface area (Å²) in [7, 11) is 0. The molecule has 0 aliphatic carbocycles. The molecule has 2 aliphatic heterocycles. The Morgan fingerprint density at radius 3 is 2.48 bits per heavy atom. The second-order valence-electron chi connectivity index (χ2n) is 7.13. The van der Waals surface area contributed by atoms with Gasteiger partial charge in [-0.25, -0.2) is 0 Å². The predicted octanol–water partition coefficient (Wildman–Crippen LogP) is 2.67. The van der Waals surface area contributed by atoms with E-state index in [1.54, 1.807) is 12.4 Å². The van der Waals surface area contributed by atoms with Gasteiger partial charge in [-0.1, -0.05) is 24.3 Å². The predicted molar refractivity (Wildman–Crippen MR) is 98.1 cm³/mol. The van der Waals surface area contributed by atoms with Crippen LogP contribution >= 0.6 is 0 Å². The number of fused-ring (bicyclic) bond motifs is 1. The summed E-state index contributed by atoms with van der Waals surface area (Å²) in [6.07, 6.45) is 7.32. The van der Waals surface area contributed by atoms with Crippen molar-refractivity contribution in [2.75, 3.05) is 19.6 Å². The molecule has 2 aliphatic rings. The van der Waals surface area contributed by atoms with E-state index in [9.17, 15) is 4.79 Å². The molecule has 0 bridgehead atoms. The summed E-state index contributed by atoms with van der Waals surface area (Å²) in [5.41, 5.74) is 4.03. The first-order valence-electron chi connectivity index (χ1n) is 9.27.